The Balaban J connectivity index is 1.64. The topological polar surface area (TPSA) is 265 Å². The first-order valence-corrected chi connectivity index (χ1v) is 12.5. The molecule has 1 fully saturated rings. The fourth-order valence-electron chi connectivity index (χ4n) is 2.60. The van der Waals surface area contributed by atoms with Crippen LogP contribution in [-0.2, 0) is 31.6 Å². The van der Waals surface area contributed by atoms with Gasteiger partial charge in [0.1, 0.15) is 24.2 Å². The van der Waals surface area contributed by atoms with Crippen LogP contribution in [-0.4, -0.2) is 58.1 Å². The molecule has 2 aromatic rings. The van der Waals surface area contributed by atoms with Crippen molar-refractivity contribution >= 4 is 40.4 Å². The average Bonchev–Trinajstić information content (AvgIpc) is 3.14. The first kappa shape index (κ1) is 23.3. The normalized spacial score (nSPS) is 28.1. The average molecular weight is 490 g/mol. The third-order valence-electron chi connectivity index (χ3n) is 3.73. The Kier molecular flexibility index (Phi) is 6.47. The minimum Gasteiger partial charge on any atom is -0.390 e. The Labute approximate surface area is 167 Å². The molecule has 0 bridgehead atoms. The van der Waals surface area contributed by atoms with Gasteiger partial charge in [-0.1, -0.05) is 0 Å². The van der Waals surface area contributed by atoms with Gasteiger partial charge in [-0.05, 0) is 0 Å². The number of nitrogen functional groups attached to an aromatic ring is 1. The number of nitrogens with zero attached hydrogens (tertiary/aromatic N) is 4. The van der Waals surface area contributed by atoms with E-state index in [1.165, 1.54) is 17.2 Å². The van der Waals surface area contributed by atoms with Gasteiger partial charge in [-0.3, -0.25) is 9.09 Å². The van der Waals surface area contributed by atoms with E-state index in [0.717, 1.165) is 0 Å². The number of imidazole rings is 1. The zero-order valence-electron chi connectivity index (χ0n) is 14.7. The summed E-state index contributed by atoms with van der Waals surface area (Å²) in [5, 5.41) is 10.1. The number of hydrogen-bond donors (Lipinski definition) is 6. The van der Waals surface area contributed by atoms with Crippen molar-refractivity contribution < 1.29 is 51.4 Å². The number of rotatable bonds is 8. The van der Waals surface area contributed by atoms with Gasteiger partial charge in [0, 0.05) is 6.42 Å². The number of aliphatic hydroxyl groups excluding tert-OH is 1. The molecule has 0 saturated carbocycles. The van der Waals surface area contributed by atoms with Gasteiger partial charge in [0.15, 0.2) is 11.5 Å². The van der Waals surface area contributed by atoms with Gasteiger partial charge in [0.2, 0.25) is 0 Å². The van der Waals surface area contributed by atoms with E-state index >= 15 is 0 Å². The van der Waals surface area contributed by atoms with Crippen LogP contribution in [0.2, 0.25) is 0 Å². The Morgan fingerprint density at radius 3 is 2.53 bits per heavy atom. The van der Waals surface area contributed by atoms with Gasteiger partial charge >= 0.3 is 23.4 Å². The highest BCUT2D eigenvalue weighted by Crippen LogP contribution is 2.65. The summed E-state index contributed by atoms with van der Waals surface area (Å²) >= 11 is 0. The molecule has 0 radical (unpaired) electrons. The van der Waals surface area contributed by atoms with E-state index in [1.54, 1.807) is 0 Å². The standard InChI is InChI=1S/C10H17N6O11P3/c11-9-8-10(14-3-13-9)16(4-15-8)7-1-5(17)6(25-7)2-24-29(20,21)27-30(22,23)26-28(12,18)19/h3-7,17H,1-2H2,(H,20,21)(H,22,23)(H2,11,13,14)(H3,12,18,19)/t5-,6+,7+/m0/s1. The van der Waals surface area contributed by atoms with Crippen molar-refractivity contribution in [2.45, 2.75) is 24.9 Å². The van der Waals surface area contributed by atoms with Crippen LogP contribution in [0.5, 0.6) is 0 Å². The molecule has 20 heteroatoms. The number of hydrogen-bond acceptors (Lipinski definition) is 12. The zero-order valence-corrected chi connectivity index (χ0v) is 17.4. The molecule has 8 N–H and O–H groups in total. The molecule has 3 rings (SSSR count). The van der Waals surface area contributed by atoms with E-state index in [0.29, 0.717) is 11.2 Å². The van der Waals surface area contributed by atoms with Crippen LogP contribution < -0.4 is 11.2 Å². The summed E-state index contributed by atoms with van der Waals surface area (Å²) in [6.45, 7) is -0.755. The number of ether oxygens (including phenoxy) is 1. The second-order valence-corrected chi connectivity index (χ2v) is 10.5. The fourth-order valence-corrected chi connectivity index (χ4v) is 5.74. The zero-order chi connectivity index (χ0) is 22.3. The molecule has 30 heavy (non-hydrogen) atoms. The van der Waals surface area contributed by atoms with Crippen LogP contribution in [0.15, 0.2) is 12.7 Å². The highest BCUT2D eigenvalue weighted by molar-refractivity contribution is 7.67. The quantitative estimate of drug-likeness (QED) is 0.251. The number of aliphatic hydroxyl groups is 1. The summed E-state index contributed by atoms with van der Waals surface area (Å²) in [5.41, 5.74) is 10.9. The Bertz CT molecular complexity index is 1070. The third-order valence-corrected chi connectivity index (χ3v) is 7.62. The summed E-state index contributed by atoms with van der Waals surface area (Å²) in [7, 11) is -15.8. The van der Waals surface area contributed by atoms with Gasteiger partial charge in [-0.2, -0.15) is 8.62 Å². The fraction of sp³-hybridized carbons (Fsp3) is 0.500. The summed E-state index contributed by atoms with van der Waals surface area (Å²) < 4.78 is 53.1. The SMILES string of the molecule is Nc1ncnc2c1ncn2[C@H]1C[C@H](O)[C@@H](COP(=O)(O)OP(=O)(O)OP(N)(=O)O)O1. The number of aromatic nitrogens is 4. The maximum absolute atomic E-state index is 11.8. The van der Waals surface area contributed by atoms with Crippen molar-refractivity contribution in [2.24, 2.45) is 5.50 Å². The van der Waals surface area contributed by atoms with Crippen molar-refractivity contribution in [2.75, 3.05) is 12.3 Å². The number of phosphoric acid groups is 2. The monoisotopic (exact) mass is 490 g/mol. The molecule has 168 valence electrons. The van der Waals surface area contributed by atoms with Crippen LogP contribution in [0.4, 0.5) is 5.82 Å². The smallest absolute Gasteiger partial charge is 0.390 e. The molecular formula is C10H17N6O11P3. The summed E-state index contributed by atoms with van der Waals surface area (Å²) in [4.78, 5) is 39.3. The minimum absolute atomic E-state index is 0.0163. The summed E-state index contributed by atoms with van der Waals surface area (Å²) in [6, 6.07) is 0. The molecule has 3 heterocycles. The number of anilines is 1. The van der Waals surface area contributed by atoms with Crippen molar-refractivity contribution in [1.82, 2.24) is 19.5 Å². The lowest BCUT2D eigenvalue weighted by atomic mass is 10.2. The highest BCUT2D eigenvalue weighted by atomic mass is 31.3. The Hall–Kier alpha value is -1.32. The second-order valence-electron chi connectivity index (χ2n) is 5.98. The van der Waals surface area contributed by atoms with Crippen molar-refractivity contribution in [3.05, 3.63) is 12.7 Å². The molecule has 0 aliphatic carbocycles. The lowest BCUT2D eigenvalue weighted by molar-refractivity contribution is -0.0423. The largest absolute Gasteiger partial charge is 0.489 e. The van der Waals surface area contributed by atoms with Crippen molar-refractivity contribution in [3.8, 4) is 0 Å². The van der Waals surface area contributed by atoms with Gasteiger partial charge in [-0.15, -0.1) is 0 Å². The maximum Gasteiger partial charge on any atom is 0.489 e. The minimum atomic E-state index is -5.51. The predicted molar refractivity (Wildman–Crippen MR) is 96.1 cm³/mol. The van der Waals surface area contributed by atoms with Crippen molar-refractivity contribution in [3.63, 3.8) is 0 Å². The molecule has 17 nitrogen and oxygen atoms in total. The van der Waals surface area contributed by atoms with Crippen LogP contribution >= 0.6 is 23.4 Å². The van der Waals surface area contributed by atoms with Gasteiger partial charge in [0.25, 0.3) is 0 Å². The second kappa shape index (κ2) is 8.31. The van der Waals surface area contributed by atoms with Gasteiger partial charge in [-0.25, -0.2) is 34.2 Å². The lowest BCUT2D eigenvalue weighted by Gasteiger charge is -2.19. The van der Waals surface area contributed by atoms with E-state index < -0.39 is 48.4 Å². The first-order chi connectivity index (χ1) is 13.8. The van der Waals surface area contributed by atoms with Crippen LogP contribution in [0, 0.1) is 0 Å². The third kappa shape index (κ3) is 5.68. The van der Waals surface area contributed by atoms with E-state index in [9.17, 15) is 28.6 Å². The molecule has 0 spiro atoms. The Morgan fingerprint density at radius 1 is 1.17 bits per heavy atom. The summed E-state index contributed by atoms with van der Waals surface area (Å²) in [5.74, 6) is 0.135. The van der Waals surface area contributed by atoms with E-state index in [2.05, 4.69) is 33.6 Å². The molecule has 6 atom stereocenters. The highest BCUT2D eigenvalue weighted by Gasteiger charge is 2.42. The number of nitrogens with two attached hydrogens (primary N) is 2. The van der Waals surface area contributed by atoms with E-state index in [-0.39, 0.29) is 12.2 Å². The number of fused-ring (bicyclic) bond motifs is 1. The Morgan fingerprint density at radius 2 is 1.87 bits per heavy atom. The van der Waals surface area contributed by atoms with E-state index in [1.807, 2.05) is 0 Å². The first-order valence-electron chi connectivity index (χ1n) is 7.87. The molecule has 1 aliphatic heterocycles. The van der Waals surface area contributed by atoms with Crippen LogP contribution in [0.1, 0.15) is 12.6 Å². The molecule has 0 amide bonds. The summed E-state index contributed by atoms with van der Waals surface area (Å²) in [6.07, 6.45) is -0.545. The molecule has 1 saturated heterocycles. The molecule has 0 aromatic carbocycles. The molecule has 2 aromatic heterocycles. The van der Waals surface area contributed by atoms with Crippen molar-refractivity contribution in [1.29, 1.82) is 0 Å². The molecular weight excluding hydrogens is 473 g/mol. The van der Waals surface area contributed by atoms with Crippen LogP contribution in [0.3, 0.4) is 0 Å². The molecule has 1 aliphatic rings. The van der Waals surface area contributed by atoms with Crippen LogP contribution in [0.25, 0.3) is 11.2 Å². The van der Waals surface area contributed by atoms with Gasteiger partial charge in [0.05, 0.1) is 19.0 Å². The van der Waals surface area contributed by atoms with Gasteiger partial charge < -0.3 is 30.3 Å². The molecule has 3 unspecified atom stereocenters. The maximum atomic E-state index is 11.8. The predicted octanol–water partition coefficient (Wildman–Crippen LogP) is -0.633. The number of phosphoric ester groups is 1. The van der Waals surface area contributed by atoms with E-state index in [4.69, 9.17) is 15.4 Å². The lowest BCUT2D eigenvalue weighted by Crippen LogP contribution is -2.26.